The van der Waals surface area contributed by atoms with E-state index in [0.717, 1.165) is 24.3 Å². The predicted molar refractivity (Wildman–Crippen MR) is 92.5 cm³/mol. The number of aromatic amines is 1. The number of nitrogens with one attached hydrogen (secondary N) is 2. The molecular weight excluding hydrogens is 336 g/mol. The van der Waals surface area contributed by atoms with Gasteiger partial charge in [-0.3, -0.25) is 4.79 Å². The van der Waals surface area contributed by atoms with Gasteiger partial charge in [0.1, 0.15) is 6.33 Å². The van der Waals surface area contributed by atoms with Crippen LogP contribution in [-0.2, 0) is 0 Å². The Morgan fingerprint density at radius 3 is 3.04 bits per heavy atom. The highest BCUT2D eigenvalue weighted by molar-refractivity contribution is 5.91. The maximum atomic E-state index is 11.9. The number of fused-ring (bicyclic) bond motifs is 1. The Balaban J connectivity index is 1.40. The highest BCUT2D eigenvalue weighted by Gasteiger charge is 2.28. The monoisotopic (exact) mass is 356 g/mol. The fourth-order valence-electron chi connectivity index (χ4n) is 2.88. The van der Waals surface area contributed by atoms with Crippen molar-refractivity contribution in [2.24, 2.45) is 5.92 Å². The molecule has 3 heterocycles. The molecule has 0 aromatic carbocycles. The van der Waals surface area contributed by atoms with E-state index in [4.69, 9.17) is 0 Å². The van der Waals surface area contributed by atoms with E-state index in [9.17, 15) is 4.79 Å². The molecule has 0 spiro atoms. The largest absolute Gasteiger partial charge is 0.357 e. The predicted octanol–water partition coefficient (Wildman–Crippen LogP) is 0.177. The lowest BCUT2D eigenvalue weighted by Gasteiger charge is -2.22. The van der Waals surface area contributed by atoms with Crippen LogP contribution < -0.4 is 10.2 Å². The van der Waals surface area contributed by atoms with Gasteiger partial charge in [0.05, 0.1) is 12.2 Å². The van der Waals surface area contributed by atoms with E-state index >= 15 is 0 Å². The molecule has 11 heteroatoms. The topological polar surface area (TPSA) is 130 Å². The van der Waals surface area contributed by atoms with Crippen molar-refractivity contribution in [2.45, 2.75) is 25.8 Å². The number of hydrogen-bond acceptors (Lipinski definition) is 8. The average Bonchev–Trinajstić information content (AvgIpc) is 3.16. The minimum Gasteiger partial charge on any atom is -0.357 e. The Labute approximate surface area is 149 Å². The summed E-state index contributed by atoms with van der Waals surface area (Å²) in [6.07, 6.45) is 5.19. The number of rotatable bonds is 7. The standard InChI is InChI=1S/C15H20N10O/c1-9(5-16-15(26)11-6-19-22-20-11)7-24(2)13-12-14(18-8-17-13)25(23-21-12)10-3-4-10/h6,8-10H,3-5,7H2,1-2H3,(H,16,26)(H,19,20,22). The maximum absolute atomic E-state index is 11.9. The van der Waals surface area contributed by atoms with Gasteiger partial charge in [-0.15, -0.1) is 5.10 Å². The van der Waals surface area contributed by atoms with Crippen LogP contribution in [0.2, 0.25) is 0 Å². The SMILES string of the molecule is CC(CNC(=O)c1cn[nH]n1)CN(C)c1ncnc2c1nnn2C1CC1. The van der Waals surface area contributed by atoms with E-state index in [0.29, 0.717) is 24.6 Å². The Morgan fingerprint density at radius 2 is 2.31 bits per heavy atom. The Hall–Kier alpha value is -3.11. The summed E-state index contributed by atoms with van der Waals surface area (Å²) in [6.45, 7) is 3.26. The summed E-state index contributed by atoms with van der Waals surface area (Å²) in [5, 5.41) is 21.2. The Morgan fingerprint density at radius 1 is 1.46 bits per heavy atom. The van der Waals surface area contributed by atoms with Crippen molar-refractivity contribution in [1.82, 2.24) is 45.7 Å². The Bertz CT molecular complexity index is 900. The molecule has 1 unspecified atom stereocenters. The smallest absolute Gasteiger partial charge is 0.273 e. The summed E-state index contributed by atoms with van der Waals surface area (Å²) in [5.74, 6) is 0.695. The number of amides is 1. The van der Waals surface area contributed by atoms with E-state index in [-0.39, 0.29) is 17.5 Å². The fraction of sp³-hybridized carbons (Fsp3) is 0.533. The quantitative estimate of drug-likeness (QED) is 0.613. The molecule has 1 aliphatic rings. The molecule has 1 fully saturated rings. The van der Waals surface area contributed by atoms with Gasteiger partial charge in [-0.2, -0.15) is 15.4 Å². The summed E-state index contributed by atoms with van der Waals surface area (Å²) >= 11 is 0. The highest BCUT2D eigenvalue weighted by Crippen LogP contribution is 2.36. The third-order valence-electron chi connectivity index (χ3n) is 4.34. The lowest BCUT2D eigenvalue weighted by atomic mass is 10.1. The molecule has 11 nitrogen and oxygen atoms in total. The van der Waals surface area contributed by atoms with Crippen molar-refractivity contribution in [3.8, 4) is 0 Å². The summed E-state index contributed by atoms with van der Waals surface area (Å²) in [5.41, 5.74) is 1.76. The molecule has 1 aliphatic carbocycles. The molecule has 136 valence electrons. The van der Waals surface area contributed by atoms with Gasteiger partial charge in [0.25, 0.3) is 5.91 Å². The second-order valence-corrected chi connectivity index (χ2v) is 6.69. The zero-order chi connectivity index (χ0) is 18.1. The van der Waals surface area contributed by atoms with Crippen molar-refractivity contribution in [1.29, 1.82) is 0 Å². The first-order valence-electron chi connectivity index (χ1n) is 8.54. The van der Waals surface area contributed by atoms with E-state index < -0.39 is 0 Å². The third kappa shape index (κ3) is 3.19. The van der Waals surface area contributed by atoms with Gasteiger partial charge in [-0.1, -0.05) is 12.1 Å². The molecule has 3 aromatic heterocycles. The van der Waals surface area contributed by atoms with E-state index in [1.54, 1.807) is 6.33 Å². The second kappa shape index (κ2) is 6.65. The maximum Gasteiger partial charge on any atom is 0.273 e. The summed E-state index contributed by atoms with van der Waals surface area (Å²) < 4.78 is 1.88. The number of anilines is 1. The molecular formula is C15H20N10O. The van der Waals surface area contributed by atoms with Crippen molar-refractivity contribution >= 4 is 22.9 Å². The molecule has 0 radical (unpaired) electrons. The van der Waals surface area contributed by atoms with E-state index in [2.05, 4.69) is 47.9 Å². The molecule has 0 saturated heterocycles. The van der Waals surface area contributed by atoms with Crippen LogP contribution in [0.4, 0.5) is 5.82 Å². The van der Waals surface area contributed by atoms with Crippen LogP contribution in [0.1, 0.15) is 36.3 Å². The van der Waals surface area contributed by atoms with Crippen LogP contribution in [0.5, 0.6) is 0 Å². The zero-order valence-corrected chi connectivity index (χ0v) is 14.6. The fourth-order valence-corrected chi connectivity index (χ4v) is 2.88. The van der Waals surface area contributed by atoms with E-state index in [1.165, 1.54) is 6.20 Å². The van der Waals surface area contributed by atoms with Gasteiger partial charge >= 0.3 is 0 Å². The lowest BCUT2D eigenvalue weighted by Crippen LogP contribution is -2.34. The molecule has 0 bridgehead atoms. The number of carbonyl (C=O) groups is 1. The van der Waals surface area contributed by atoms with Gasteiger partial charge < -0.3 is 10.2 Å². The third-order valence-corrected chi connectivity index (χ3v) is 4.34. The molecule has 2 N–H and O–H groups in total. The van der Waals surface area contributed by atoms with Crippen LogP contribution in [0.3, 0.4) is 0 Å². The molecule has 1 atom stereocenters. The minimum atomic E-state index is -0.245. The van der Waals surface area contributed by atoms with Crippen LogP contribution in [0, 0.1) is 5.92 Å². The van der Waals surface area contributed by atoms with Gasteiger partial charge in [0.15, 0.2) is 22.7 Å². The highest BCUT2D eigenvalue weighted by atomic mass is 16.1. The number of nitrogens with zero attached hydrogens (tertiary/aromatic N) is 8. The molecule has 1 saturated carbocycles. The summed E-state index contributed by atoms with van der Waals surface area (Å²) in [7, 11) is 1.95. The van der Waals surface area contributed by atoms with Gasteiger partial charge in [0.2, 0.25) is 0 Å². The first-order valence-corrected chi connectivity index (χ1v) is 8.54. The number of aromatic nitrogens is 8. The average molecular weight is 356 g/mol. The lowest BCUT2D eigenvalue weighted by molar-refractivity contribution is 0.0943. The summed E-state index contributed by atoms with van der Waals surface area (Å²) in [6, 6.07) is 0.415. The van der Waals surface area contributed by atoms with Crippen LogP contribution >= 0.6 is 0 Å². The minimum absolute atomic E-state index is 0.194. The molecule has 1 amide bonds. The number of carbonyl (C=O) groups excluding carboxylic acids is 1. The number of hydrogen-bond donors (Lipinski definition) is 2. The van der Waals surface area contributed by atoms with Gasteiger partial charge in [0, 0.05) is 20.1 Å². The van der Waals surface area contributed by atoms with Gasteiger partial charge in [-0.25, -0.2) is 14.6 Å². The van der Waals surface area contributed by atoms with Crippen molar-refractivity contribution in [2.75, 3.05) is 25.0 Å². The molecule has 0 aliphatic heterocycles. The molecule has 3 aromatic rings. The summed E-state index contributed by atoms with van der Waals surface area (Å²) in [4.78, 5) is 22.7. The number of H-pyrrole nitrogens is 1. The normalized spacial score (nSPS) is 15.2. The van der Waals surface area contributed by atoms with Crippen molar-refractivity contribution < 1.29 is 4.79 Å². The van der Waals surface area contributed by atoms with Crippen LogP contribution in [0.25, 0.3) is 11.2 Å². The van der Waals surface area contributed by atoms with Crippen LogP contribution in [-0.4, -0.2) is 66.4 Å². The van der Waals surface area contributed by atoms with Crippen molar-refractivity contribution in [3.63, 3.8) is 0 Å². The molecule has 26 heavy (non-hydrogen) atoms. The first-order chi connectivity index (χ1) is 12.6. The van der Waals surface area contributed by atoms with Crippen LogP contribution in [0.15, 0.2) is 12.5 Å². The Kier molecular flexibility index (Phi) is 4.19. The van der Waals surface area contributed by atoms with Gasteiger partial charge in [-0.05, 0) is 18.8 Å². The van der Waals surface area contributed by atoms with E-state index in [1.807, 2.05) is 16.6 Å². The first kappa shape index (κ1) is 16.4. The molecule has 4 rings (SSSR count). The second-order valence-electron chi connectivity index (χ2n) is 6.69. The van der Waals surface area contributed by atoms with Crippen molar-refractivity contribution in [3.05, 3.63) is 18.2 Å². The zero-order valence-electron chi connectivity index (χ0n) is 14.6.